The van der Waals surface area contributed by atoms with Gasteiger partial charge in [-0.3, -0.25) is 4.79 Å². The van der Waals surface area contributed by atoms with Gasteiger partial charge in [0, 0.05) is 25.2 Å². The van der Waals surface area contributed by atoms with Gasteiger partial charge in [0.25, 0.3) is 0 Å². The van der Waals surface area contributed by atoms with E-state index < -0.39 is 17.9 Å². The second kappa shape index (κ2) is 28.2. The van der Waals surface area contributed by atoms with Crippen LogP contribution in [0.5, 0.6) is 5.75 Å². The van der Waals surface area contributed by atoms with Crippen LogP contribution in [0.2, 0.25) is 0 Å². The molecule has 1 unspecified atom stereocenters. The number of hydrogen-bond acceptors (Lipinski definition) is 5. The summed E-state index contributed by atoms with van der Waals surface area (Å²) in [6.07, 6.45) is 24.8. The fourth-order valence-corrected chi connectivity index (χ4v) is 6.38. The smallest absolute Gasteiger partial charge is 0.312 e. The molecule has 0 radical (unpaired) electrons. The first kappa shape index (κ1) is 42.7. The third-order valence-electron chi connectivity index (χ3n) is 9.43. The number of aliphatic hydroxyl groups is 2. The van der Waals surface area contributed by atoms with Gasteiger partial charge in [-0.25, -0.2) is 8.78 Å². The monoisotopic (exact) mass is 688 g/mol. The summed E-state index contributed by atoms with van der Waals surface area (Å²) in [6, 6.07) is 10.9. The van der Waals surface area contributed by atoms with E-state index in [4.69, 9.17) is 19.7 Å². The molecule has 0 aromatic heterocycles. The molecule has 0 aliphatic heterocycles. The molecule has 0 fully saturated rings. The van der Waals surface area contributed by atoms with Crippen LogP contribution in [0.1, 0.15) is 161 Å². The van der Waals surface area contributed by atoms with E-state index in [1.54, 1.807) is 30.3 Å². The van der Waals surface area contributed by atoms with Crippen molar-refractivity contribution in [1.82, 2.24) is 0 Å². The summed E-state index contributed by atoms with van der Waals surface area (Å²) in [5.41, 5.74) is 0.721. The lowest BCUT2D eigenvalue weighted by molar-refractivity contribution is -0.170. The number of ether oxygens (including phenoxy) is 2. The average molecular weight is 689 g/mol. The molecule has 0 saturated heterocycles. The van der Waals surface area contributed by atoms with E-state index in [9.17, 15) is 13.6 Å². The summed E-state index contributed by atoms with van der Waals surface area (Å²) >= 11 is 0. The molecule has 2 rings (SSSR count). The van der Waals surface area contributed by atoms with Crippen molar-refractivity contribution in [3.8, 4) is 16.9 Å². The van der Waals surface area contributed by atoms with Gasteiger partial charge >= 0.3 is 5.97 Å². The maximum atomic E-state index is 14.4. The zero-order chi connectivity index (χ0) is 35.4. The lowest BCUT2D eigenvalue weighted by atomic mass is 9.94. The first-order valence-corrected chi connectivity index (χ1v) is 19.6. The number of unbranched alkanes of at least 4 members (excludes halogenated alkanes) is 18. The van der Waals surface area contributed by atoms with Crippen molar-refractivity contribution in [2.45, 2.75) is 167 Å². The summed E-state index contributed by atoms with van der Waals surface area (Å²) in [7, 11) is 0. The van der Waals surface area contributed by atoms with Crippen LogP contribution in [0.4, 0.5) is 8.78 Å². The van der Waals surface area contributed by atoms with Crippen LogP contribution in [0, 0.1) is 17.6 Å². The molecule has 0 aliphatic rings. The molecule has 0 amide bonds. The summed E-state index contributed by atoms with van der Waals surface area (Å²) in [5, 5.41) is 18.2. The van der Waals surface area contributed by atoms with E-state index in [-0.39, 0.29) is 30.7 Å². The number of esters is 1. The Balaban J connectivity index is 1.96. The Morgan fingerprint density at radius 2 is 1.08 bits per heavy atom. The number of rotatable bonds is 31. The van der Waals surface area contributed by atoms with Gasteiger partial charge in [-0.15, -0.1) is 0 Å². The number of aliphatic hydroxyl groups excluding tert-OH is 2. The second-order valence-electron chi connectivity index (χ2n) is 13.7. The fourth-order valence-electron chi connectivity index (χ4n) is 6.38. The Bertz CT molecular complexity index is 1080. The van der Waals surface area contributed by atoms with E-state index in [0.717, 1.165) is 89.5 Å². The Hall–Kier alpha value is -2.51. The number of carbonyl (C=O) groups excluding carboxylic acids is 1. The molecule has 0 bridgehead atoms. The SMILES string of the molecule is CCCCCCCCCCCCCCCC(OC(=O)C(CCCCCCO)CCCCCCO)Oc1ccc(-c2cccc(F)c2F)cc1. The van der Waals surface area contributed by atoms with E-state index >= 15 is 0 Å². The summed E-state index contributed by atoms with van der Waals surface area (Å²) < 4.78 is 40.5. The van der Waals surface area contributed by atoms with Crippen LogP contribution < -0.4 is 4.74 Å². The third kappa shape index (κ3) is 19.5. The van der Waals surface area contributed by atoms with Crippen LogP contribution in [-0.2, 0) is 9.53 Å². The zero-order valence-electron chi connectivity index (χ0n) is 30.5. The Morgan fingerprint density at radius 3 is 1.59 bits per heavy atom. The number of carbonyl (C=O) groups is 1. The summed E-state index contributed by atoms with van der Waals surface area (Å²) in [4.78, 5) is 13.6. The normalized spacial score (nSPS) is 12.0. The molecule has 2 aromatic carbocycles. The number of halogens is 2. The topological polar surface area (TPSA) is 76.0 Å². The maximum absolute atomic E-state index is 14.4. The van der Waals surface area contributed by atoms with Crippen molar-refractivity contribution >= 4 is 5.97 Å². The molecule has 5 nitrogen and oxygen atoms in total. The van der Waals surface area contributed by atoms with Crippen LogP contribution in [0.25, 0.3) is 11.1 Å². The zero-order valence-corrected chi connectivity index (χ0v) is 30.5. The fraction of sp³-hybridized carbons (Fsp3) is 0.690. The van der Waals surface area contributed by atoms with Crippen molar-refractivity contribution in [3.63, 3.8) is 0 Å². The van der Waals surface area contributed by atoms with E-state index in [0.29, 0.717) is 17.7 Å². The van der Waals surface area contributed by atoms with Gasteiger partial charge in [-0.1, -0.05) is 147 Å². The minimum atomic E-state index is -0.890. The predicted molar refractivity (Wildman–Crippen MR) is 196 cm³/mol. The van der Waals surface area contributed by atoms with Crippen molar-refractivity contribution < 1.29 is 33.3 Å². The largest absolute Gasteiger partial charge is 0.455 e. The standard InChI is InChI=1S/C42H66F2O5/c1-2-3-4-5-6-7-8-9-10-11-12-13-20-28-40(48-37-31-29-35(30-32-37)38-26-23-27-39(43)41(38)44)49-42(47)36(24-18-14-16-21-33-45)25-19-15-17-22-34-46/h23,26-27,29-32,36,40,45-46H,2-22,24-25,28,33-34H2,1H3. The highest BCUT2D eigenvalue weighted by atomic mass is 19.2. The van der Waals surface area contributed by atoms with Gasteiger partial charge in [0.1, 0.15) is 5.75 Å². The van der Waals surface area contributed by atoms with Crippen LogP contribution >= 0.6 is 0 Å². The Morgan fingerprint density at radius 1 is 0.612 bits per heavy atom. The molecule has 49 heavy (non-hydrogen) atoms. The predicted octanol–water partition coefficient (Wildman–Crippen LogP) is 11.9. The average Bonchev–Trinajstić information content (AvgIpc) is 3.10. The third-order valence-corrected chi connectivity index (χ3v) is 9.43. The second-order valence-corrected chi connectivity index (χ2v) is 13.7. The first-order valence-electron chi connectivity index (χ1n) is 19.6. The summed E-state index contributed by atoms with van der Waals surface area (Å²) in [5.74, 6) is -1.72. The van der Waals surface area contributed by atoms with Crippen LogP contribution in [0.15, 0.2) is 42.5 Å². The number of benzene rings is 2. The van der Waals surface area contributed by atoms with E-state index in [1.165, 1.54) is 70.3 Å². The van der Waals surface area contributed by atoms with E-state index in [1.807, 2.05) is 0 Å². The highest BCUT2D eigenvalue weighted by Crippen LogP contribution is 2.28. The molecule has 278 valence electrons. The molecule has 0 heterocycles. The van der Waals surface area contributed by atoms with Gasteiger partial charge in [-0.2, -0.15) is 0 Å². The molecule has 0 aliphatic carbocycles. The Kier molecular flexibility index (Phi) is 24.6. The molecule has 1 atom stereocenters. The van der Waals surface area contributed by atoms with Gasteiger partial charge in [0.15, 0.2) is 11.6 Å². The van der Waals surface area contributed by atoms with Gasteiger partial charge in [0.05, 0.1) is 5.92 Å². The van der Waals surface area contributed by atoms with Crippen molar-refractivity contribution in [3.05, 3.63) is 54.1 Å². The highest BCUT2D eigenvalue weighted by molar-refractivity contribution is 5.72. The highest BCUT2D eigenvalue weighted by Gasteiger charge is 2.24. The van der Waals surface area contributed by atoms with Gasteiger partial charge < -0.3 is 19.7 Å². The molecular weight excluding hydrogens is 622 g/mol. The lowest BCUT2D eigenvalue weighted by Crippen LogP contribution is -2.28. The molecule has 0 spiro atoms. The minimum absolute atomic E-state index is 0.183. The summed E-state index contributed by atoms with van der Waals surface area (Å²) in [6.45, 7) is 2.63. The van der Waals surface area contributed by atoms with Gasteiger partial charge in [0.2, 0.25) is 6.29 Å². The molecule has 2 N–H and O–H groups in total. The van der Waals surface area contributed by atoms with Crippen molar-refractivity contribution in [2.75, 3.05) is 13.2 Å². The first-order chi connectivity index (χ1) is 24.0. The van der Waals surface area contributed by atoms with Crippen molar-refractivity contribution in [2.24, 2.45) is 5.92 Å². The van der Waals surface area contributed by atoms with Crippen LogP contribution in [-0.4, -0.2) is 35.7 Å². The maximum Gasteiger partial charge on any atom is 0.312 e. The van der Waals surface area contributed by atoms with E-state index in [2.05, 4.69) is 6.92 Å². The lowest BCUT2D eigenvalue weighted by Gasteiger charge is -2.23. The molecule has 0 saturated carbocycles. The van der Waals surface area contributed by atoms with Crippen molar-refractivity contribution in [1.29, 1.82) is 0 Å². The number of hydrogen-bond donors (Lipinski definition) is 2. The molecular formula is C42H66F2O5. The van der Waals surface area contributed by atoms with Gasteiger partial charge in [-0.05, 0) is 55.9 Å². The van der Waals surface area contributed by atoms with Crippen LogP contribution in [0.3, 0.4) is 0 Å². The molecule has 2 aromatic rings. The minimum Gasteiger partial charge on any atom is -0.455 e. The molecule has 7 heteroatoms. The quantitative estimate of drug-likeness (QED) is 0.0468. The Labute approximate surface area is 296 Å².